The second-order valence-corrected chi connectivity index (χ2v) is 5.17. The zero-order chi connectivity index (χ0) is 18.0. The maximum Gasteiger partial charge on any atom is 0.416 e. The van der Waals surface area contributed by atoms with Crippen molar-refractivity contribution >= 4 is 11.6 Å². The number of hydrogen-bond donors (Lipinski definition) is 3. The Balaban J connectivity index is 1.83. The van der Waals surface area contributed by atoms with Gasteiger partial charge in [0.2, 0.25) is 5.95 Å². The summed E-state index contributed by atoms with van der Waals surface area (Å²) in [6.07, 6.45) is -2.92. The molecule has 0 fully saturated rings. The smallest absolute Gasteiger partial charge is 0.416 e. The van der Waals surface area contributed by atoms with E-state index >= 15 is 0 Å². The molecule has 25 heavy (non-hydrogen) atoms. The van der Waals surface area contributed by atoms with Crippen LogP contribution in [0.2, 0.25) is 0 Å². The van der Waals surface area contributed by atoms with Crippen molar-refractivity contribution in [3.05, 3.63) is 60.3 Å². The van der Waals surface area contributed by atoms with E-state index < -0.39 is 11.7 Å². The molecule has 0 saturated carbocycles. The van der Waals surface area contributed by atoms with Crippen LogP contribution in [0.15, 0.2) is 54.7 Å². The molecule has 0 bridgehead atoms. The lowest BCUT2D eigenvalue weighted by Gasteiger charge is -2.09. The molecule has 0 radical (unpaired) electrons. The molecule has 0 aliphatic heterocycles. The van der Waals surface area contributed by atoms with Crippen LogP contribution in [0.3, 0.4) is 0 Å². The van der Waals surface area contributed by atoms with E-state index in [4.69, 9.17) is 0 Å². The summed E-state index contributed by atoms with van der Waals surface area (Å²) in [7, 11) is 0. The van der Waals surface area contributed by atoms with Crippen LogP contribution in [0, 0.1) is 0 Å². The zero-order valence-electron chi connectivity index (χ0n) is 12.6. The van der Waals surface area contributed by atoms with Gasteiger partial charge in [0.15, 0.2) is 11.5 Å². The summed E-state index contributed by atoms with van der Waals surface area (Å²) in [5.41, 5.74) is 0.680. The highest BCUT2D eigenvalue weighted by molar-refractivity contribution is 5.65. The lowest BCUT2D eigenvalue weighted by molar-refractivity contribution is -0.137. The molecule has 8 heteroatoms. The summed E-state index contributed by atoms with van der Waals surface area (Å²) < 4.78 is 37.7. The first kappa shape index (κ1) is 16.6. The van der Waals surface area contributed by atoms with Gasteiger partial charge in [-0.25, -0.2) is 9.97 Å². The van der Waals surface area contributed by atoms with E-state index in [2.05, 4.69) is 15.3 Å². The number of phenolic OH excluding ortho intramolecular Hbond substituents is 2. The van der Waals surface area contributed by atoms with Gasteiger partial charge in [-0.1, -0.05) is 0 Å². The Labute approximate surface area is 140 Å². The Hall–Kier alpha value is -3.29. The summed E-state index contributed by atoms with van der Waals surface area (Å²) in [5, 5.41) is 21.7. The molecule has 0 aliphatic carbocycles. The SMILES string of the molecule is Oc1ccc(-c2ccnc(Nc3ccc(C(F)(F)F)cc3)n2)cc1O. The van der Waals surface area contributed by atoms with E-state index in [0.29, 0.717) is 16.9 Å². The van der Waals surface area contributed by atoms with E-state index in [0.717, 1.165) is 12.1 Å². The monoisotopic (exact) mass is 347 g/mol. The van der Waals surface area contributed by atoms with Crippen LogP contribution in [0.1, 0.15) is 5.56 Å². The fraction of sp³-hybridized carbons (Fsp3) is 0.0588. The molecule has 0 saturated heterocycles. The lowest BCUT2D eigenvalue weighted by atomic mass is 10.1. The Kier molecular flexibility index (Phi) is 4.18. The van der Waals surface area contributed by atoms with Gasteiger partial charge in [0, 0.05) is 17.4 Å². The number of aromatic hydroxyl groups is 2. The highest BCUT2D eigenvalue weighted by Crippen LogP contribution is 2.31. The van der Waals surface area contributed by atoms with Crippen molar-refractivity contribution in [1.29, 1.82) is 0 Å². The largest absolute Gasteiger partial charge is 0.504 e. The topological polar surface area (TPSA) is 78.3 Å². The molecule has 3 N–H and O–H groups in total. The molecular weight excluding hydrogens is 335 g/mol. The van der Waals surface area contributed by atoms with Crippen molar-refractivity contribution in [3.63, 3.8) is 0 Å². The number of benzene rings is 2. The Morgan fingerprint density at radius 2 is 1.60 bits per heavy atom. The molecular formula is C17H12F3N3O2. The Morgan fingerprint density at radius 3 is 2.24 bits per heavy atom. The first-order valence-electron chi connectivity index (χ1n) is 7.12. The quantitative estimate of drug-likeness (QED) is 0.615. The highest BCUT2D eigenvalue weighted by atomic mass is 19.4. The van der Waals surface area contributed by atoms with Gasteiger partial charge in [0.05, 0.1) is 11.3 Å². The van der Waals surface area contributed by atoms with Gasteiger partial charge in [-0.15, -0.1) is 0 Å². The van der Waals surface area contributed by atoms with Crippen LogP contribution in [-0.4, -0.2) is 20.2 Å². The number of aromatic nitrogens is 2. The molecule has 0 amide bonds. The number of hydrogen-bond acceptors (Lipinski definition) is 5. The second-order valence-electron chi connectivity index (χ2n) is 5.17. The molecule has 2 aromatic carbocycles. The van der Waals surface area contributed by atoms with Gasteiger partial charge in [-0.3, -0.25) is 0 Å². The van der Waals surface area contributed by atoms with Crippen LogP contribution < -0.4 is 5.32 Å². The maximum absolute atomic E-state index is 12.6. The van der Waals surface area contributed by atoms with Gasteiger partial charge in [-0.2, -0.15) is 13.2 Å². The molecule has 5 nitrogen and oxygen atoms in total. The second kappa shape index (κ2) is 6.31. The number of rotatable bonds is 3. The van der Waals surface area contributed by atoms with Crippen molar-refractivity contribution in [2.24, 2.45) is 0 Å². The lowest BCUT2D eigenvalue weighted by Crippen LogP contribution is -2.04. The zero-order valence-corrected chi connectivity index (χ0v) is 12.6. The van der Waals surface area contributed by atoms with Crippen LogP contribution in [0.25, 0.3) is 11.3 Å². The Bertz CT molecular complexity index is 896. The van der Waals surface area contributed by atoms with Crippen LogP contribution in [-0.2, 0) is 6.18 Å². The number of alkyl halides is 3. The highest BCUT2D eigenvalue weighted by Gasteiger charge is 2.29. The maximum atomic E-state index is 12.6. The molecule has 3 rings (SSSR count). The minimum atomic E-state index is -4.39. The van der Waals surface area contributed by atoms with E-state index in [1.165, 1.54) is 30.5 Å². The minimum absolute atomic E-state index is 0.185. The van der Waals surface area contributed by atoms with Gasteiger partial charge in [0.25, 0.3) is 0 Å². The third-order valence-corrected chi connectivity index (χ3v) is 3.40. The average Bonchev–Trinajstić information content (AvgIpc) is 2.57. The third-order valence-electron chi connectivity index (χ3n) is 3.40. The summed E-state index contributed by atoms with van der Waals surface area (Å²) in [6.45, 7) is 0. The van der Waals surface area contributed by atoms with Crippen LogP contribution >= 0.6 is 0 Å². The molecule has 1 heterocycles. The first-order valence-corrected chi connectivity index (χ1v) is 7.12. The van der Waals surface area contributed by atoms with Crippen molar-refractivity contribution in [2.75, 3.05) is 5.32 Å². The predicted molar refractivity (Wildman–Crippen MR) is 85.5 cm³/mol. The molecule has 0 atom stereocenters. The molecule has 0 spiro atoms. The number of nitrogens with zero attached hydrogens (tertiary/aromatic N) is 2. The van der Waals surface area contributed by atoms with E-state index in [-0.39, 0.29) is 17.4 Å². The number of halogens is 3. The normalized spacial score (nSPS) is 11.3. The summed E-state index contributed by atoms with van der Waals surface area (Å²) in [4.78, 5) is 8.26. The Morgan fingerprint density at radius 1 is 0.880 bits per heavy atom. The number of nitrogens with one attached hydrogen (secondary N) is 1. The fourth-order valence-electron chi connectivity index (χ4n) is 2.13. The predicted octanol–water partition coefficient (Wildman–Crippen LogP) is 4.32. The van der Waals surface area contributed by atoms with Gasteiger partial charge in [-0.05, 0) is 48.5 Å². The summed E-state index contributed by atoms with van der Waals surface area (Å²) in [6, 6.07) is 10.3. The first-order chi connectivity index (χ1) is 11.8. The standard InChI is InChI=1S/C17H12F3N3O2/c18-17(19,20)11-2-4-12(5-3-11)22-16-21-8-7-13(23-16)10-1-6-14(24)15(25)9-10/h1-9,24-25H,(H,21,22,23). The third kappa shape index (κ3) is 3.79. The van der Waals surface area contributed by atoms with Crippen molar-refractivity contribution in [3.8, 4) is 22.8 Å². The van der Waals surface area contributed by atoms with Crippen LogP contribution in [0.4, 0.5) is 24.8 Å². The van der Waals surface area contributed by atoms with Crippen molar-refractivity contribution in [1.82, 2.24) is 9.97 Å². The van der Waals surface area contributed by atoms with E-state index in [1.54, 1.807) is 12.1 Å². The molecule has 0 aliphatic rings. The minimum Gasteiger partial charge on any atom is -0.504 e. The van der Waals surface area contributed by atoms with Gasteiger partial charge < -0.3 is 15.5 Å². The van der Waals surface area contributed by atoms with E-state index in [1.807, 2.05) is 0 Å². The van der Waals surface area contributed by atoms with Gasteiger partial charge in [0.1, 0.15) is 0 Å². The van der Waals surface area contributed by atoms with Gasteiger partial charge >= 0.3 is 6.18 Å². The number of phenols is 2. The summed E-state index contributed by atoms with van der Waals surface area (Å²) >= 11 is 0. The van der Waals surface area contributed by atoms with Crippen molar-refractivity contribution in [2.45, 2.75) is 6.18 Å². The molecule has 3 aromatic rings. The fourth-order valence-corrected chi connectivity index (χ4v) is 2.13. The summed E-state index contributed by atoms with van der Waals surface area (Å²) in [5.74, 6) is -0.348. The van der Waals surface area contributed by atoms with E-state index in [9.17, 15) is 23.4 Å². The van der Waals surface area contributed by atoms with Crippen molar-refractivity contribution < 1.29 is 23.4 Å². The van der Waals surface area contributed by atoms with Crippen LogP contribution in [0.5, 0.6) is 11.5 Å². The average molecular weight is 347 g/mol. The molecule has 1 aromatic heterocycles. The molecule has 0 unspecified atom stereocenters. The molecule has 128 valence electrons. The number of anilines is 2.